The van der Waals surface area contributed by atoms with Gasteiger partial charge in [0.25, 0.3) is 0 Å². The Kier molecular flexibility index (Phi) is 4.07. The van der Waals surface area contributed by atoms with Crippen molar-refractivity contribution in [3.05, 3.63) is 23.7 Å². The first-order valence-corrected chi connectivity index (χ1v) is 8.09. The maximum absolute atomic E-state index is 12.3. The van der Waals surface area contributed by atoms with Crippen LogP contribution in [-0.2, 0) is 11.2 Å². The van der Waals surface area contributed by atoms with Crippen molar-refractivity contribution in [2.24, 2.45) is 11.8 Å². The highest BCUT2D eigenvalue weighted by atomic mass is 16.3. The number of carbonyl (C=O) groups is 1. The number of aliphatic hydroxyl groups is 1. The van der Waals surface area contributed by atoms with Gasteiger partial charge in [0, 0.05) is 25.3 Å². The lowest BCUT2D eigenvalue weighted by atomic mass is 10.0. The van der Waals surface area contributed by atoms with Gasteiger partial charge in [0.15, 0.2) is 0 Å². The number of nitrogens with zero attached hydrogens (tertiary/aromatic N) is 1. The van der Waals surface area contributed by atoms with Crippen molar-refractivity contribution < 1.29 is 14.3 Å². The van der Waals surface area contributed by atoms with Gasteiger partial charge >= 0.3 is 0 Å². The summed E-state index contributed by atoms with van der Waals surface area (Å²) in [5.74, 6) is 3.84. The van der Waals surface area contributed by atoms with Crippen LogP contribution in [0.15, 0.2) is 16.5 Å². The fourth-order valence-corrected chi connectivity index (χ4v) is 3.42. The lowest BCUT2D eigenvalue weighted by Gasteiger charge is -2.25. The fraction of sp³-hybridized carbons (Fsp3) is 0.706. The average Bonchev–Trinajstić information content (AvgIpc) is 2.91. The molecule has 2 heterocycles. The van der Waals surface area contributed by atoms with E-state index >= 15 is 0 Å². The minimum absolute atomic E-state index is 0.00280. The Balaban J connectivity index is 1.52. The van der Waals surface area contributed by atoms with Gasteiger partial charge < -0.3 is 14.4 Å². The Morgan fingerprint density at radius 2 is 2.14 bits per heavy atom. The molecular weight excluding hydrogens is 266 g/mol. The van der Waals surface area contributed by atoms with Crippen LogP contribution >= 0.6 is 0 Å². The molecule has 0 bridgehead atoms. The molecule has 1 saturated carbocycles. The molecule has 2 aliphatic rings. The van der Waals surface area contributed by atoms with E-state index in [1.54, 1.807) is 0 Å². The van der Waals surface area contributed by atoms with Crippen LogP contribution in [0, 0.1) is 11.8 Å². The molecular formula is C17H25NO3. The second-order valence-corrected chi connectivity index (χ2v) is 6.73. The van der Waals surface area contributed by atoms with E-state index in [0.717, 1.165) is 30.4 Å². The van der Waals surface area contributed by atoms with Crippen molar-refractivity contribution in [2.75, 3.05) is 13.2 Å². The number of amides is 1. The maximum atomic E-state index is 12.3. The van der Waals surface area contributed by atoms with Gasteiger partial charge in [-0.1, -0.05) is 13.8 Å². The van der Waals surface area contributed by atoms with Crippen LogP contribution in [0.2, 0.25) is 0 Å². The normalized spacial score (nSPS) is 31.7. The minimum Gasteiger partial charge on any atom is -0.466 e. The number of aryl methyl sites for hydroxylation is 1. The van der Waals surface area contributed by atoms with Crippen LogP contribution in [0.5, 0.6) is 0 Å². The molecule has 0 aromatic carbocycles. The lowest BCUT2D eigenvalue weighted by Crippen LogP contribution is -2.39. The summed E-state index contributed by atoms with van der Waals surface area (Å²) in [4.78, 5) is 14.2. The predicted octanol–water partition coefficient (Wildman–Crippen LogP) is 2.56. The maximum Gasteiger partial charge on any atom is 0.223 e. The van der Waals surface area contributed by atoms with Gasteiger partial charge in [-0.15, -0.1) is 0 Å². The third-order valence-electron chi connectivity index (χ3n) is 5.13. The lowest BCUT2D eigenvalue weighted by molar-refractivity contribution is -0.133. The van der Waals surface area contributed by atoms with Gasteiger partial charge in [-0.2, -0.15) is 0 Å². The highest BCUT2D eigenvalue weighted by Crippen LogP contribution is 2.47. The zero-order valence-electron chi connectivity index (χ0n) is 12.9. The second kappa shape index (κ2) is 5.84. The molecule has 1 aromatic heterocycles. The number of furan rings is 1. The van der Waals surface area contributed by atoms with Crippen molar-refractivity contribution in [1.29, 1.82) is 0 Å². The summed E-state index contributed by atoms with van der Waals surface area (Å²) < 4.78 is 5.85. The SMILES string of the molecule is CC1CC1c1ccc(CCC(=O)N2CCC(C)C2CO)o1. The molecule has 1 aliphatic heterocycles. The van der Waals surface area contributed by atoms with Crippen LogP contribution in [0.4, 0.5) is 0 Å². The van der Waals surface area contributed by atoms with Crippen molar-refractivity contribution in [1.82, 2.24) is 4.90 Å². The zero-order chi connectivity index (χ0) is 15.0. The molecule has 21 heavy (non-hydrogen) atoms. The fourth-order valence-electron chi connectivity index (χ4n) is 3.42. The summed E-state index contributed by atoms with van der Waals surface area (Å²) in [6, 6.07) is 4.06. The number of rotatable bonds is 5. The van der Waals surface area contributed by atoms with Crippen LogP contribution in [0.25, 0.3) is 0 Å². The predicted molar refractivity (Wildman–Crippen MR) is 79.9 cm³/mol. The molecule has 1 aromatic rings. The van der Waals surface area contributed by atoms with Gasteiger partial charge in [-0.05, 0) is 36.8 Å². The Bertz CT molecular complexity index is 510. The van der Waals surface area contributed by atoms with Crippen LogP contribution in [-0.4, -0.2) is 35.1 Å². The topological polar surface area (TPSA) is 53.7 Å². The van der Waals surface area contributed by atoms with Crippen molar-refractivity contribution in [3.63, 3.8) is 0 Å². The Hall–Kier alpha value is -1.29. The van der Waals surface area contributed by atoms with Crippen LogP contribution in [0.1, 0.15) is 50.5 Å². The first kappa shape index (κ1) is 14.6. The summed E-state index contributed by atoms with van der Waals surface area (Å²) in [6.45, 7) is 5.18. The largest absolute Gasteiger partial charge is 0.466 e. The van der Waals surface area contributed by atoms with E-state index in [1.807, 2.05) is 11.0 Å². The molecule has 1 amide bonds. The molecule has 2 fully saturated rings. The summed E-state index contributed by atoms with van der Waals surface area (Å²) >= 11 is 0. The molecule has 1 aliphatic carbocycles. The molecule has 4 heteroatoms. The molecule has 4 nitrogen and oxygen atoms in total. The Labute approximate surface area is 126 Å². The summed E-state index contributed by atoms with van der Waals surface area (Å²) in [6.07, 6.45) is 3.33. The van der Waals surface area contributed by atoms with E-state index in [2.05, 4.69) is 19.9 Å². The quantitative estimate of drug-likeness (QED) is 0.907. The first-order valence-electron chi connectivity index (χ1n) is 8.09. The van der Waals surface area contributed by atoms with E-state index in [4.69, 9.17) is 4.42 Å². The molecule has 3 rings (SSSR count). The Morgan fingerprint density at radius 3 is 2.81 bits per heavy atom. The summed E-state index contributed by atoms with van der Waals surface area (Å²) in [5, 5.41) is 9.42. The first-order chi connectivity index (χ1) is 10.1. The van der Waals surface area contributed by atoms with E-state index in [-0.39, 0.29) is 18.6 Å². The highest BCUT2D eigenvalue weighted by molar-refractivity contribution is 5.77. The van der Waals surface area contributed by atoms with Gasteiger partial charge in [0.1, 0.15) is 11.5 Å². The zero-order valence-corrected chi connectivity index (χ0v) is 12.9. The van der Waals surface area contributed by atoms with Gasteiger partial charge in [-0.25, -0.2) is 0 Å². The van der Waals surface area contributed by atoms with Gasteiger partial charge in [-0.3, -0.25) is 4.79 Å². The van der Waals surface area contributed by atoms with Gasteiger partial charge in [0.2, 0.25) is 5.91 Å². The van der Waals surface area contributed by atoms with Crippen LogP contribution in [0.3, 0.4) is 0 Å². The minimum atomic E-state index is -0.00280. The number of aliphatic hydroxyl groups excluding tert-OH is 1. The standard InChI is InChI=1S/C17H25NO3/c1-11-7-8-18(15(11)10-19)17(20)6-4-13-3-5-16(21-13)14-9-12(14)2/h3,5,11-12,14-15,19H,4,6-10H2,1-2H3. The number of likely N-dealkylation sites (tertiary alicyclic amines) is 1. The smallest absolute Gasteiger partial charge is 0.223 e. The van der Waals surface area contributed by atoms with Gasteiger partial charge in [0.05, 0.1) is 12.6 Å². The third-order valence-corrected chi connectivity index (χ3v) is 5.13. The van der Waals surface area contributed by atoms with Crippen LogP contribution < -0.4 is 0 Å². The summed E-state index contributed by atoms with van der Waals surface area (Å²) in [7, 11) is 0. The molecule has 4 unspecified atom stereocenters. The van der Waals surface area contributed by atoms with Crippen molar-refractivity contribution in [3.8, 4) is 0 Å². The van der Waals surface area contributed by atoms with Crippen molar-refractivity contribution >= 4 is 5.91 Å². The summed E-state index contributed by atoms with van der Waals surface area (Å²) in [5.41, 5.74) is 0. The number of carbonyl (C=O) groups excluding carboxylic acids is 1. The van der Waals surface area contributed by atoms with E-state index < -0.39 is 0 Å². The number of hydrogen-bond acceptors (Lipinski definition) is 3. The monoisotopic (exact) mass is 291 g/mol. The van der Waals surface area contributed by atoms with E-state index in [1.165, 1.54) is 6.42 Å². The average molecular weight is 291 g/mol. The second-order valence-electron chi connectivity index (χ2n) is 6.73. The highest BCUT2D eigenvalue weighted by Gasteiger charge is 2.37. The molecule has 1 N–H and O–H groups in total. The molecule has 0 spiro atoms. The molecule has 116 valence electrons. The van der Waals surface area contributed by atoms with E-state index in [0.29, 0.717) is 24.7 Å². The number of hydrogen-bond donors (Lipinski definition) is 1. The Morgan fingerprint density at radius 1 is 1.38 bits per heavy atom. The van der Waals surface area contributed by atoms with E-state index in [9.17, 15) is 9.90 Å². The molecule has 4 atom stereocenters. The third kappa shape index (κ3) is 3.00. The molecule has 1 saturated heterocycles. The molecule has 0 radical (unpaired) electrons. The van der Waals surface area contributed by atoms with Crippen molar-refractivity contribution in [2.45, 2.75) is 51.5 Å².